The highest BCUT2D eigenvalue weighted by Crippen LogP contribution is 2.22. The molecule has 0 bridgehead atoms. The van der Waals surface area contributed by atoms with Gasteiger partial charge < -0.3 is 5.32 Å². The molecule has 6 nitrogen and oxygen atoms in total. The molecule has 7 heteroatoms. The van der Waals surface area contributed by atoms with Gasteiger partial charge >= 0.3 is 0 Å². The number of nitrogens with one attached hydrogen (secondary N) is 2. The van der Waals surface area contributed by atoms with Crippen LogP contribution in [0.5, 0.6) is 0 Å². The van der Waals surface area contributed by atoms with Crippen LogP contribution in [-0.2, 0) is 10.0 Å². The van der Waals surface area contributed by atoms with E-state index < -0.39 is 10.0 Å². The molecular weight excluding hydrogens is 348 g/mol. The van der Waals surface area contributed by atoms with Gasteiger partial charge in [-0.05, 0) is 32.4 Å². The first kappa shape index (κ1) is 18.3. The van der Waals surface area contributed by atoms with Gasteiger partial charge in [-0.15, -0.1) is 5.10 Å². The number of nitrogens with zero attached hydrogens (tertiary/aromatic N) is 2. The lowest BCUT2D eigenvalue weighted by Gasteiger charge is -2.10. The topological polar surface area (TPSA) is 84.0 Å². The molecule has 0 atom stereocenters. The van der Waals surface area contributed by atoms with Crippen molar-refractivity contribution in [2.75, 3.05) is 18.4 Å². The molecule has 0 aliphatic heterocycles. The van der Waals surface area contributed by atoms with E-state index in [2.05, 4.69) is 20.2 Å². The SMILES string of the molecule is Cc1ccc(S(=O)(=O)NCCCNc2nnc(C)c3ccccc23)cc1. The second-order valence-electron chi connectivity index (χ2n) is 6.17. The monoisotopic (exact) mass is 370 g/mol. The van der Waals surface area contributed by atoms with Crippen molar-refractivity contribution in [1.29, 1.82) is 0 Å². The summed E-state index contributed by atoms with van der Waals surface area (Å²) in [5.74, 6) is 0.715. The van der Waals surface area contributed by atoms with E-state index in [1.807, 2.05) is 38.1 Å². The summed E-state index contributed by atoms with van der Waals surface area (Å²) in [6.45, 7) is 4.80. The van der Waals surface area contributed by atoms with Gasteiger partial charge in [0.1, 0.15) is 0 Å². The van der Waals surface area contributed by atoms with Gasteiger partial charge in [0, 0.05) is 23.9 Å². The van der Waals surface area contributed by atoms with E-state index >= 15 is 0 Å². The zero-order chi connectivity index (χ0) is 18.6. The van der Waals surface area contributed by atoms with Gasteiger partial charge in [0.05, 0.1) is 10.6 Å². The Morgan fingerprint density at radius 3 is 2.31 bits per heavy atom. The first-order valence-electron chi connectivity index (χ1n) is 8.49. The molecule has 0 amide bonds. The van der Waals surface area contributed by atoms with Crippen molar-refractivity contribution in [3.05, 3.63) is 59.8 Å². The molecule has 1 aromatic heterocycles. The van der Waals surface area contributed by atoms with Crippen LogP contribution >= 0.6 is 0 Å². The molecule has 136 valence electrons. The van der Waals surface area contributed by atoms with Crippen LogP contribution in [-0.4, -0.2) is 31.7 Å². The molecule has 0 radical (unpaired) electrons. The average molecular weight is 370 g/mol. The predicted octanol–water partition coefficient (Wildman–Crippen LogP) is 3.03. The number of fused-ring (bicyclic) bond motifs is 1. The number of sulfonamides is 1. The molecule has 0 aliphatic rings. The summed E-state index contributed by atoms with van der Waals surface area (Å²) in [7, 11) is -3.47. The number of hydrogen-bond donors (Lipinski definition) is 2. The minimum atomic E-state index is -3.47. The first-order valence-corrected chi connectivity index (χ1v) is 9.98. The van der Waals surface area contributed by atoms with Gasteiger partial charge in [-0.25, -0.2) is 13.1 Å². The van der Waals surface area contributed by atoms with E-state index in [0.717, 1.165) is 22.0 Å². The Kier molecular flexibility index (Phi) is 5.49. The molecule has 26 heavy (non-hydrogen) atoms. The van der Waals surface area contributed by atoms with Gasteiger partial charge in [-0.3, -0.25) is 0 Å². The van der Waals surface area contributed by atoms with E-state index in [-0.39, 0.29) is 4.90 Å². The zero-order valence-corrected chi connectivity index (χ0v) is 15.7. The predicted molar refractivity (Wildman–Crippen MR) is 104 cm³/mol. The van der Waals surface area contributed by atoms with Crippen molar-refractivity contribution >= 4 is 26.6 Å². The van der Waals surface area contributed by atoms with Crippen molar-refractivity contribution in [2.45, 2.75) is 25.2 Å². The quantitative estimate of drug-likeness (QED) is 0.625. The Labute approximate surface area is 153 Å². The molecule has 1 heterocycles. The van der Waals surface area contributed by atoms with Crippen LogP contribution in [0.2, 0.25) is 0 Å². The highest BCUT2D eigenvalue weighted by atomic mass is 32.2. The molecule has 0 aliphatic carbocycles. The first-order chi connectivity index (χ1) is 12.5. The molecule has 3 aromatic rings. The van der Waals surface area contributed by atoms with Gasteiger partial charge in [-0.2, -0.15) is 5.10 Å². The highest BCUT2D eigenvalue weighted by Gasteiger charge is 2.12. The summed E-state index contributed by atoms with van der Waals surface area (Å²) in [5, 5.41) is 13.7. The lowest BCUT2D eigenvalue weighted by atomic mass is 10.1. The lowest BCUT2D eigenvalue weighted by molar-refractivity contribution is 0.580. The summed E-state index contributed by atoms with van der Waals surface area (Å²) in [6, 6.07) is 14.8. The van der Waals surface area contributed by atoms with Gasteiger partial charge in [0.25, 0.3) is 0 Å². The summed E-state index contributed by atoms with van der Waals surface area (Å²) in [5.41, 5.74) is 1.91. The van der Waals surface area contributed by atoms with Crippen molar-refractivity contribution in [3.63, 3.8) is 0 Å². The number of rotatable bonds is 7. The van der Waals surface area contributed by atoms with Crippen LogP contribution in [0.1, 0.15) is 17.7 Å². The summed E-state index contributed by atoms with van der Waals surface area (Å²) < 4.78 is 27.1. The summed E-state index contributed by atoms with van der Waals surface area (Å²) >= 11 is 0. The van der Waals surface area contributed by atoms with Crippen LogP contribution in [0, 0.1) is 13.8 Å². The Hall–Kier alpha value is -2.51. The Bertz CT molecular complexity index is 1000. The maximum atomic E-state index is 12.2. The minimum absolute atomic E-state index is 0.284. The molecule has 0 fully saturated rings. The second-order valence-corrected chi connectivity index (χ2v) is 7.94. The molecule has 3 rings (SSSR count). The number of benzene rings is 2. The van der Waals surface area contributed by atoms with Gasteiger partial charge in [0.2, 0.25) is 10.0 Å². The number of aryl methyl sites for hydroxylation is 2. The smallest absolute Gasteiger partial charge is 0.240 e. The van der Waals surface area contributed by atoms with Crippen molar-refractivity contribution < 1.29 is 8.42 Å². The van der Waals surface area contributed by atoms with Crippen LogP contribution in [0.25, 0.3) is 10.8 Å². The molecule has 2 N–H and O–H groups in total. The fourth-order valence-electron chi connectivity index (χ4n) is 2.67. The van der Waals surface area contributed by atoms with Crippen molar-refractivity contribution in [2.24, 2.45) is 0 Å². The Balaban J connectivity index is 1.55. The largest absolute Gasteiger partial charge is 0.368 e. The third-order valence-corrected chi connectivity index (χ3v) is 5.62. The fourth-order valence-corrected chi connectivity index (χ4v) is 3.75. The van der Waals surface area contributed by atoms with E-state index in [0.29, 0.717) is 25.3 Å². The molecular formula is C19H22N4O2S. The van der Waals surface area contributed by atoms with E-state index in [1.165, 1.54) is 0 Å². The lowest BCUT2D eigenvalue weighted by Crippen LogP contribution is -2.26. The van der Waals surface area contributed by atoms with E-state index in [4.69, 9.17) is 0 Å². The number of anilines is 1. The molecule has 0 saturated carbocycles. The van der Waals surface area contributed by atoms with Crippen molar-refractivity contribution in [1.82, 2.24) is 14.9 Å². The Morgan fingerprint density at radius 2 is 1.58 bits per heavy atom. The van der Waals surface area contributed by atoms with Gasteiger partial charge in [0.15, 0.2) is 5.82 Å². The third kappa shape index (κ3) is 4.17. The molecule has 0 spiro atoms. The van der Waals surface area contributed by atoms with Crippen LogP contribution < -0.4 is 10.0 Å². The van der Waals surface area contributed by atoms with Gasteiger partial charge in [-0.1, -0.05) is 42.0 Å². The maximum Gasteiger partial charge on any atom is 0.240 e. The summed E-state index contributed by atoms with van der Waals surface area (Å²) in [6.07, 6.45) is 0.634. The van der Waals surface area contributed by atoms with E-state index in [9.17, 15) is 8.42 Å². The van der Waals surface area contributed by atoms with Crippen LogP contribution in [0.15, 0.2) is 53.4 Å². The molecule has 2 aromatic carbocycles. The Morgan fingerprint density at radius 1 is 0.885 bits per heavy atom. The minimum Gasteiger partial charge on any atom is -0.368 e. The number of hydrogen-bond acceptors (Lipinski definition) is 5. The van der Waals surface area contributed by atoms with Crippen molar-refractivity contribution in [3.8, 4) is 0 Å². The van der Waals surface area contributed by atoms with Crippen LogP contribution in [0.4, 0.5) is 5.82 Å². The summed E-state index contributed by atoms with van der Waals surface area (Å²) in [4.78, 5) is 0.284. The maximum absolute atomic E-state index is 12.2. The molecule has 0 unspecified atom stereocenters. The zero-order valence-electron chi connectivity index (χ0n) is 14.9. The molecule has 0 saturated heterocycles. The second kappa shape index (κ2) is 7.80. The standard InChI is InChI=1S/C19H22N4O2S/c1-14-8-10-16(11-9-14)26(24,25)21-13-5-12-20-19-18-7-4-3-6-17(18)15(2)22-23-19/h3-4,6-11,21H,5,12-13H2,1-2H3,(H,20,23). The third-order valence-electron chi connectivity index (χ3n) is 4.14. The normalized spacial score (nSPS) is 11.6. The van der Waals surface area contributed by atoms with Crippen LogP contribution in [0.3, 0.4) is 0 Å². The highest BCUT2D eigenvalue weighted by molar-refractivity contribution is 7.89. The van der Waals surface area contributed by atoms with E-state index in [1.54, 1.807) is 24.3 Å². The number of aromatic nitrogens is 2. The fraction of sp³-hybridized carbons (Fsp3) is 0.263. The average Bonchev–Trinajstić information content (AvgIpc) is 2.64.